The molecular formula is C25H20N2O3S. The third-order valence-electron chi connectivity index (χ3n) is 5.16. The molecule has 0 N–H and O–H groups in total. The van der Waals surface area contributed by atoms with Crippen molar-refractivity contribution in [1.82, 2.24) is 9.38 Å². The zero-order valence-corrected chi connectivity index (χ0v) is 18.0. The lowest BCUT2D eigenvalue weighted by Gasteiger charge is -2.11. The molecule has 5 nitrogen and oxygen atoms in total. The van der Waals surface area contributed by atoms with Crippen LogP contribution in [0.1, 0.15) is 16.7 Å². The van der Waals surface area contributed by atoms with E-state index in [4.69, 9.17) is 9.47 Å². The molecule has 0 atom stereocenters. The smallest absolute Gasteiger partial charge is 0.274 e. The summed E-state index contributed by atoms with van der Waals surface area (Å²) in [5.74, 6) is 1.39. The van der Waals surface area contributed by atoms with Gasteiger partial charge in [-0.2, -0.15) is 0 Å². The molecule has 6 heteroatoms. The molecule has 154 valence electrons. The number of aryl methyl sites for hydroxylation is 1. The number of hydrogen-bond acceptors (Lipinski definition) is 5. The monoisotopic (exact) mass is 428 g/mol. The second-order valence-corrected chi connectivity index (χ2v) is 8.32. The zero-order chi connectivity index (χ0) is 21.4. The Bertz CT molecular complexity index is 1500. The summed E-state index contributed by atoms with van der Waals surface area (Å²) in [6.45, 7) is 2.50. The van der Waals surface area contributed by atoms with Crippen LogP contribution >= 0.6 is 11.3 Å². The van der Waals surface area contributed by atoms with Crippen molar-refractivity contribution < 1.29 is 9.47 Å². The first kappa shape index (κ1) is 19.3. The summed E-state index contributed by atoms with van der Waals surface area (Å²) < 4.78 is 13.7. The maximum Gasteiger partial charge on any atom is 0.274 e. The number of thiazole rings is 1. The van der Waals surface area contributed by atoms with Crippen LogP contribution < -0.4 is 19.6 Å². The van der Waals surface area contributed by atoms with Gasteiger partial charge in [-0.1, -0.05) is 53.3 Å². The van der Waals surface area contributed by atoms with Crippen LogP contribution in [0.3, 0.4) is 0 Å². The van der Waals surface area contributed by atoms with E-state index in [0.29, 0.717) is 27.6 Å². The van der Waals surface area contributed by atoms with Crippen LogP contribution in [0.15, 0.2) is 71.5 Å². The third kappa shape index (κ3) is 3.66. The predicted molar refractivity (Wildman–Crippen MR) is 124 cm³/mol. The molecule has 31 heavy (non-hydrogen) atoms. The molecule has 2 heterocycles. The Morgan fingerprint density at radius 3 is 2.68 bits per heavy atom. The Hall–Kier alpha value is -3.64. The number of rotatable bonds is 5. The molecule has 0 fully saturated rings. The first-order chi connectivity index (χ1) is 15.1. The topological polar surface area (TPSA) is 52.8 Å². The number of hydrogen-bond donors (Lipinski definition) is 0. The quantitative estimate of drug-likeness (QED) is 0.418. The minimum atomic E-state index is -0.0824. The van der Waals surface area contributed by atoms with Crippen LogP contribution in [-0.4, -0.2) is 16.5 Å². The van der Waals surface area contributed by atoms with E-state index >= 15 is 0 Å². The Kier molecular flexibility index (Phi) is 4.92. The highest BCUT2D eigenvalue weighted by Crippen LogP contribution is 2.26. The van der Waals surface area contributed by atoms with Crippen LogP contribution in [0.2, 0.25) is 0 Å². The van der Waals surface area contributed by atoms with Crippen LogP contribution in [0.4, 0.5) is 0 Å². The lowest BCUT2D eigenvalue weighted by molar-refractivity contribution is 0.304. The molecule has 0 amide bonds. The van der Waals surface area contributed by atoms with E-state index in [1.54, 1.807) is 11.5 Å². The van der Waals surface area contributed by atoms with Crippen LogP contribution in [0.25, 0.3) is 22.1 Å². The SMILES string of the molecule is COc1ccc(OCc2ccc(C)cc2)c(/C=c2\sc3nc4ccccc4n3c2=O)c1. The number of aromatic nitrogens is 2. The minimum absolute atomic E-state index is 0.0824. The van der Waals surface area contributed by atoms with E-state index in [9.17, 15) is 4.79 Å². The molecule has 3 aromatic carbocycles. The molecule has 0 radical (unpaired) electrons. The molecule has 5 rings (SSSR count). The normalized spacial score (nSPS) is 12.0. The van der Waals surface area contributed by atoms with E-state index in [1.807, 2.05) is 48.5 Å². The summed E-state index contributed by atoms with van der Waals surface area (Å²) in [7, 11) is 1.62. The minimum Gasteiger partial charge on any atom is -0.497 e. The van der Waals surface area contributed by atoms with Gasteiger partial charge < -0.3 is 9.47 Å². The molecule has 0 aliphatic carbocycles. The highest BCUT2D eigenvalue weighted by atomic mass is 32.1. The molecule has 0 saturated carbocycles. The molecular weight excluding hydrogens is 408 g/mol. The van der Waals surface area contributed by atoms with Gasteiger partial charge in [0.25, 0.3) is 5.56 Å². The second-order valence-electron chi connectivity index (χ2n) is 7.31. The van der Waals surface area contributed by atoms with Crippen molar-refractivity contribution in [3.8, 4) is 11.5 Å². The van der Waals surface area contributed by atoms with Crippen molar-refractivity contribution in [2.45, 2.75) is 13.5 Å². The number of methoxy groups -OCH3 is 1. The van der Waals surface area contributed by atoms with Gasteiger partial charge in [0.05, 0.1) is 22.7 Å². The van der Waals surface area contributed by atoms with Crippen molar-refractivity contribution in [2.24, 2.45) is 0 Å². The van der Waals surface area contributed by atoms with E-state index in [-0.39, 0.29) is 5.56 Å². The number of para-hydroxylation sites is 2. The Morgan fingerprint density at radius 1 is 1.06 bits per heavy atom. The largest absolute Gasteiger partial charge is 0.497 e. The summed E-state index contributed by atoms with van der Waals surface area (Å²) in [5.41, 5.74) is 4.64. The van der Waals surface area contributed by atoms with Crippen molar-refractivity contribution >= 4 is 33.4 Å². The van der Waals surface area contributed by atoms with Crippen molar-refractivity contribution in [3.63, 3.8) is 0 Å². The first-order valence-electron chi connectivity index (χ1n) is 9.90. The number of benzene rings is 3. The van der Waals surface area contributed by atoms with E-state index in [1.165, 1.54) is 16.9 Å². The van der Waals surface area contributed by atoms with Crippen molar-refractivity contribution in [1.29, 1.82) is 0 Å². The van der Waals surface area contributed by atoms with Crippen LogP contribution in [0.5, 0.6) is 11.5 Å². The maximum absolute atomic E-state index is 13.1. The van der Waals surface area contributed by atoms with Gasteiger partial charge in [0, 0.05) is 5.56 Å². The highest BCUT2D eigenvalue weighted by molar-refractivity contribution is 7.15. The fraction of sp³-hybridized carbons (Fsp3) is 0.120. The molecule has 0 bridgehead atoms. The summed E-state index contributed by atoms with van der Waals surface area (Å²) in [6, 6.07) is 21.5. The Balaban J connectivity index is 1.57. The van der Waals surface area contributed by atoms with Gasteiger partial charge in [0.2, 0.25) is 0 Å². The van der Waals surface area contributed by atoms with Gasteiger partial charge in [-0.15, -0.1) is 0 Å². The summed E-state index contributed by atoms with van der Waals surface area (Å²) >= 11 is 1.37. The number of ether oxygens (including phenoxy) is 2. The van der Waals surface area contributed by atoms with Gasteiger partial charge >= 0.3 is 0 Å². The molecule has 0 aliphatic rings. The Morgan fingerprint density at radius 2 is 1.87 bits per heavy atom. The van der Waals surface area contributed by atoms with Gasteiger partial charge in [-0.3, -0.25) is 4.79 Å². The van der Waals surface area contributed by atoms with E-state index in [2.05, 4.69) is 36.2 Å². The summed E-state index contributed by atoms with van der Waals surface area (Å²) in [4.78, 5) is 18.4. The highest BCUT2D eigenvalue weighted by Gasteiger charge is 2.12. The molecule has 0 aliphatic heterocycles. The molecule has 0 saturated heterocycles. The van der Waals surface area contributed by atoms with Gasteiger partial charge in [0.15, 0.2) is 4.96 Å². The van der Waals surface area contributed by atoms with E-state index in [0.717, 1.165) is 22.2 Å². The van der Waals surface area contributed by atoms with Crippen molar-refractivity contribution in [2.75, 3.05) is 7.11 Å². The fourth-order valence-corrected chi connectivity index (χ4v) is 4.47. The zero-order valence-electron chi connectivity index (χ0n) is 17.2. The first-order valence-corrected chi connectivity index (χ1v) is 10.7. The Labute approximate surface area is 182 Å². The molecule has 0 spiro atoms. The second kappa shape index (κ2) is 7.89. The van der Waals surface area contributed by atoms with E-state index < -0.39 is 0 Å². The predicted octanol–water partition coefficient (Wildman–Crippen LogP) is 4.35. The average Bonchev–Trinajstić information content (AvgIpc) is 3.30. The molecule has 5 aromatic rings. The number of imidazole rings is 1. The van der Waals surface area contributed by atoms with Gasteiger partial charge in [-0.05, 0) is 48.9 Å². The number of nitrogens with zero attached hydrogens (tertiary/aromatic N) is 2. The fourth-order valence-electron chi connectivity index (χ4n) is 3.50. The lowest BCUT2D eigenvalue weighted by atomic mass is 10.1. The lowest BCUT2D eigenvalue weighted by Crippen LogP contribution is -2.22. The van der Waals surface area contributed by atoms with Crippen molar-refractivity contribution in [3.05, 3.63) is 98.3 Å². The number of fused-ring (bicyclic) bond motifs is 3. The summed E-state index contributed by atoms with van der Waals surface area (Å²) in [6.07, 6.45) is 1.85. The maximum atomic E-state index is 13.1. The van der Waals surface area contributed by atoms with Crippen LogP contribution in [-0.2, 0) is 6.61 Å². The summed E-state index contributed by atoms with van der Waals surface area (Å²) in [5, 5.41) is 0. The average molecular weight is 429 g/mol. The standard InChI is InChI=1S/C25H20N2O3S/c1-16-7-9-17(10-8-16)15-30-22-12-11-19(29-2)13-18(22)14-23-24(28)27-21-6-4-3-5-20(21)26-25(27)31-23/h3-14H,15H2,1-2H3/b23-14-. The molecule has 0 unspecified atom stereocenters. The third-order valence-corrected chi connectivity index (χ3v) is 6.13. The van der Waals surface area contributed by atoms with Crippen LogP contribution in [0, 0.1) is 6.92 Å². The van der Waals surface area contributed by atoms with Gasteiger partial charge in [0.1, 0.15) is 18.1 Å². The molecule has 2 aromatic heterocycles. The van der Waals surface area contributed by atoms with Gasteiger partial charge in [-0.25, -0.2) is 9.38 Å².